The summed E-state index contributed by atoms with van der Waals surface area (Å²) in [6.07, 6.45) is 3.23. The molecule has 2 aromatic heterocycles. The van der Waals surface area contributed by atoms with Gasteiger partial charge in [0.2, 0.25) is 0 Å². The molecule has 2 aromatic rings. The molecule has 0 saturated heterocycles. The number of carbonyl (C=O) groups excluding carboxylic acids is 1. The molecular weight excluding hydrogens is 313 g/mol. The van der Waals surface area contributed by atoms with Gasteiger partial charge >= 0.3 is 0 Å². The Labute approximate surface area is 133 Å². The van der Waals surface area contributed by atoms with Gasteiger partial charge in [0.15, 0.2) is 0 Å². The van der Waals surface area contributed by atoms with Crippen molar-refractivity contribution in [3.05, 3.63) is 33.8 Å². The molecule has 0 spiro atoms. The van der Waals surface area contributed by atoms with Gasteiger partial charge in [-0.2, -0.15) is 10.2 Å². The molecule has 0 bridgehead atoms. The van der Waals surface area contributed by atoms with Gasteiger partial charge in [-0.05, 0) is 13.8 Å². The van der Waals surface area contributed by atoms with Gasteiger partial charge < -0.3 is 4.90 Å². The van der Waals surface area contributed by atoms with E-state index in [9.17, 15) is 4.79 Å². The molecule has 2 rings (SSSR count). The Bertz CT molecular complexity index is 649. The van der Waals surface area contributed by atoms with Crippen molar-refractivity contribution in [2.45, 2.75) is 33.5 Å². The lowest BCUT2D eigenvalue weighted by atomic mass is 10.3. The number of hydrogen-bond acceptors (Lipinski definition) is 3. The van der Waals surface area contributed by atoms with E-state index in [1.165, 1.54) is 11.1 Å². The minimum atomic E-state index is -0.207. The molecule has 2 heterocycles. The van der Waals surface area contributed by atoms with E-state index in [-0.39, 0.29) is 5.91 Å². The monoisotopic (exact) mass is 329 g/mol. The Hall–Kier alpha value is -1.53. The second-order valence-corrected chi connectivity index (χ2v) is 5.41. The zero-order chi connectivity index (χ0) is 15.6. The van der Waals surface area contributed by atoms with E-state index < -0.39 is 0 Å². The second kappa shape index (κ2) is 6.49. The number of aromatic nitrogens is 4. The molecule has 0 unspecified atom stereocenters. The van der Waals surface area contributed by atoms with E-state index in [2.05, 4.69) is 10.2 Å². The molecule has 0 N–H and O–H groups in total. The smallest absolute Gasteiger partial charge is 0.273 e. The van der Waals surface area contributed by atoms with Crippen LogP contribution in [0.25, 0.3) is 0 Å². The third-order valence-corrected chi connectivity index (χ3v) is 3.73. The van der Waals surface area contributed by atoms with Crippen LogP contribution in [-0.4, -0.2) is 37.4 Å². The molecule has 1 amide bonds. The van der Waals surface area contributed by atoms with Crippen LogP contribution < -0.4 is 0 Å². The fourth-order valence-electron chi connectivity index (χ4n) is 2.00. The van der Waals surface area contributed by atoms with E-state index in [4.69, 9.17) is 23.2 Å². The highest BCUT2D eigenvalue weighted by molar-refractivity contribution is 6.33. The van der Waals surface area contributed by atoms with Crippen LogP contribution in [0.5, 0.6) is 0 Å². The van der Waals surface area contributed by atoms with Crippen LogP contribution in [0.1, 0.15) is 30.0 Å². The number of carbonyl (C=O) groups is 1. The number of amides is 1. The molecule has 114 valence electrons. The summed E-state index contributed by atoms with van der Waals surface area (Å²) in [7, 11) is 1.69. The molecule has 0 fully saturated rings. The summed E-state index contributed by atoms with van der Waals surface area (Å²) < 4.78 is 3.31. The first-order chi connectivity index (χ1) is 9.97. The molecule has 0 aromatic carbocycles. The van der Waals surface area contributed by atoms with Crippen molar-refractivity contribution in [3.8, 4) is 0 Å². The van der Waals surface area contributed by atoms with Crippen LogP contribution in [0.15, 0.2) is 12.4 Å². The Morgan fingerprint density at radius 3 is 2.57 bits per heavy atom. The maximum Gasteiger partial charge on any atom is 0.273 e. The summed E-state index contributed by atoms with van der Waals surface area (Å²) in [6, 6.07) is 0. The number of aryl methyl sites for hydroxylation is 2. The Morgan fingerprint density at radius 2 is 2.00 bits per heavy atom. The fraction of sp³-hybridized carbons (Fsp3) is 0.462. The average Bonchev–Trinajstić information content (AvgIpc) is 3.01. The van der Waals surface area contributed by atoms with Crippen LogP contribution in [-0.2, 0) is 19.6 Å². The van der Waals surface area contributed by atoms with Crippen LogP contribution in [0, 0.1) is 0 Å². The van der Waals surface area contributed by atoms with Crippen molar-refractivity contribution in [2.24, 2.45) is 0 Å². The summed E-state index contributed by atoms with van der Waals surface area (Å²) in [5, 5.41) is 9.30. The van der Waals surface area contributed by atoms with E-state index in [0.29, 0.717) is 34.5 Å². The minimum absolute atomic E-state index is 0.207. The van der Waals surface area contributed by atoms with Crippen LogP contribution >= 0.6 is 23.2 Å². The van der Waals surface area contributed by atoms with Crippen LogP contribution in [0.2, 0.25) is 10.0 Å². The van der Waals surface area contributed by atoms with E-state index in [1.807, 2.05) is 13.8 Å². The summed E-state index contributed by atoms with van der Waals surface area (Å²) >= 11 is 12.2. The highest BCUT2D eigenvalue weighted by Gasteiger charge is 2.22. The van der Waals surface area contributed by atoms with Crippen molar-refractivity contribution in [1.82, 2.24) is 24.5 Å². The molecule has 0 atom stereocenters. The van der Waals surface area contributed by atoms with Crippen LogP contribution in [0.3, 0.4) is 0 Å². The highest BCUT2D eigenvalue weighted by Crippen LogP contribution is 2.20. The normalized spacial score (nSPS) is 10.9. The summed E-state index contributed by atoms with van der Waals surface area (Å²) in [5.41, 5.74) is 1.04. The van der Waals surface area contributed by atoms with Crippen molar-refractivity contribution in [2.75, 3.05) is 7.05 Å². The predicted octanol–water partition coefficient (Wildman–Crippen LogP) is 2.70. The predicted molar refractivity (Wildman–Crippen MR) is 81.6 cm³/mol. The third-order valence-electron chi connectivity index (χ3n) is 3.14. The number of hydrogen-bond donors (Lipinski definition) is 0. The highest BCUT2D eigenvalue weighted by atomic mass is 35.5. The Morgan fingerprint density at radius 1 is 1.29 bits per heavy atom. The molecule has 0 aliphatic rings. The molecule has 8 heteroatoms. The van der Waals surface area contributed by atoms with E-state index in [0.717, 1.165) is 6.54 Å². The van der Waals surface area contributed by atoms with Crippen LogP contribution in [0.4, 0.5) is 0 Å². The third kappa shape index (κ3) is 3.22. The van der Waals surface area contributed by atoms with E-state index in [1.54, 1.807) is 22.6 Å². The Kier molecular flexibility index (Phi) is 4.90. The maximum atomic E-state index is 12.5. The SMILES string of the molecule is CCn1cc(Cl)c(CN(C)C(=O)c2c(Cl)cnn2CC)n1. The van der Waals surface area contributed by atoms with Gasteiger partial charge in [-0.3, -0.25) is 14.2 Å². The molecule has 0 aliphatic carbocycles. The number of halogens is 2. The molecule has 6 nitrogen and oxygen atoms in total. The van der Waals surface area contributed by atoms with Crippen molar-refractivity contribution in [1.29, 1.82) is 0 Å². The molecule has 0 radical (unpaired) electrons. The van der Waals surface area contributed by atoms with E-state index >= 15 is 0 Å². The summed E-state index contributed by atoms with van der Waals surface area (Å²) in [5.74, 6) is -0.207. The summed E-state index contributed by atoms with van der Waals surface area (Å²) in [4.78, 5) is 14.0. The second-order valence-electron chi connectivity index (χ2n) is 4.60. The standard InChI is InChI=1S/C13H17Cl2N5O/c1-4-19-7-10(15)11(17-19)8-18(3)13(21)12-9(14)6-16-20(12)5-2/h6-7H,4-5,8H2,1-3H3. The lowest BCUT2D eigenvalue weighted by molar-refractivity contribution is 0.0771. The molecule has 0 saturated carbocycles. The number of rotatable bonds is 5. The minimum Gasteiger partial charge on any atom is -0.334 e. The summed E-state index contributed by atoms with van der Waals surface area (Å²) in [6.45, 7) is 5.50. The van der Waals surface area contributed by atoms with Gasteiger partial charge in [0.25, 0.3) is 5.91 Å². The van der Waals surface area contributed by atoms with Crippen molar-refractivity contribution in [3.63, 3.8) is 0 Å². The molecule has 21 heavy (non-hydrogen) atoms. The van der Waals surface area contributed by atoms with Gasteiger partial charge in [0.05, 0.1) is 22.8 Å². The fourth-order valence-corrected chi connectivity index (χ4v) is 2.43. The first-order valence-electron chi connectivity index (χ1n) is 6.66. The maximum absolute atomic E-state index is 12.5. The van der Waals surface area contributed by atoms with Gasteiger partial charge in [-0.25, -0.2) is 0 Å². The quantitative estimate of drug-likeness (QED) is 0.847. The van der Waals surface area contributed by atoms with Gasteiger partial charge in [-0.15, -0.1) is 0 Å². The first kappa shape index (κ1) is 15.9. The largest absolute Gasteiger partial charge is 0.334 e. The zero-order valence-corrected chi connectivity index (χ0v) is 13.7. The lowest BCUT2D eigenvalue weighted by Gasteiger charge is -2.17. The van der Waals surface area contributed by atoms with Crippen molar-refractivity contribution >= 4 is 29.1 Å². The lowest BCUT2D eigenvalue weighted by Crippen LogP contribution is -2.29. The average molecular weight is 330 g/mol. The van der Waals surface area contributed by atoms with Gasteiger partial charge in [0, 0.05) is 26.3 Å². The molecular formula is C13H17Cl2N5O. The van der Waals surface area contributed by atoms with Gasteiger partial charge in [-0.1, -0.05) is 23.2 Å². The van der Waals surface area contributed by atoms with Gasteiger partial charge in [0.1, 0.15) is 11.4 Å². The Balaban J connectivity index is 2.19. The topological polar surface area (TPSA) is 56.0 Å². The zero-order valence-electron chi connectivity index (χ0n) is 12.2. The number of nitrogens with zero attached hydrogens (tertiary/aromatic N) is 5. The van der Waals surface area contributed by atoms with Crippen molar-refractivity contribution < 1.29 is 4.79 Å². The molecule has 0 aliphatic heterocycles. The first-order valence-corrected chi connectivity index (χ1v) is 7.42.